The number of hydrogen-bond acceptors (Lipinski definition) is 5. The van der Waals surface area contributed by atoms with E-state index in [-0.39, 0.29) is 12.0 Å². The first-order valence-electron chi connectivity index (χ1n) is 10.2. The second-order valence-corrected chi connectivity index (χ2v) is 7.28. The SMILES string of the molecule is CN=C(NCC(C)Oc1ccc(C)cc1)N1CCN(CC(=O)NCCOC)CC1. The molecule has 0 aromatic heterocycles. The van der Waals surface area contributed by atoms with E-state index < -0.39 is 0 Å². The molecule has 0 bridgehead atoms. The van der Waals surface area contributed by atoms with Gasteiger partial charge in [-0.25, -0.2) is 0 Å². The number of guanidine groups is 1. The van der Waals surface area contributed by atoms with Crippen molar-refractivity contribution in [2.24, 2.45) is 4.99 Å². The number of piperazine rings is 1. The molecule has 1 aromatic carbocycles. The Morgan fingerprint density at radius 2 is 1.86 bits per heavy atom. The topological polar surface area (TPSA) is 78.4 Å². The summed E-state index contributed by atoms with van der Waals surface area (Å²) in [5.41, 5.74) is 1.22. The number of nitrogens with one attached hydrogen (secondary N) is 2. The Morgan fingerprint density at radius 3 is 2.48 bits per heavy atom. The molecule has 2 N–H and O–H groups in total. The predicted molar refractivity (Wildman–Crippen MR) is 116 cm³/mol. The van der Waals surface area contributed by atoms with Crippen molar-refractivity contribution in [1.82, 2.24) is 20.4 Å². The molecule has 0 aliphatic carbocycles. The molecule has 1 fully saturated rings. The van der Waals surface area contributed by atoms with E-state index in [1.807, 2.05) is 31.2 Å². The Bertz CT molecular complexity index is 642. The van der Waals surface area contributed by atoms with Crippen molar-refractivity contribution < 1.29 is 14.3 Å². The quantitative estimate of drug-likeness (QED) is 0.358. The molecule has 0 radical (unpaired) electrons. The molecule has 8 nitrogen and oxygen atoms in total. The standard InChI is InChI=1S/C21H35N5O3/c1-17-5-7-19(8-6-17)29-18(2)15-24-21(22-3)26-12-10-25(11-13-26)16-20(27)23-9-14-28-4/h5-8,18H,9-16H2,1-4H3,(H,22,24)(H,23,27). The van der Waals surface area contributed by atoms with Crippen LogP contribution in [0.15, 0.2) is 29.3 Å². The number of amides is 1. The largest absolute Gasteiger partial charge is 0.489 e. The third kappa shape index (κ3) is 8.29. The molecule has 1 saturated heterocycles. The van der Waals surface area contributed by atoms with Crippen molar-refractivity contribution in [3.8, 4) is 5.75 Å². The number of hydrogen-bond donors (Lipinski definition) is 2. The molecule has 2 rings (SSSR count). The lowest BCUT2D eigenvalue weighted by atomic mass is 10.2. The lowest BCUT2D eigenvalue weighted by Crippen LogP contribution is -2.54. The molecule has 1 unspecified atom stereocenters. The first-order valence-corrected chi connectivity index (χ1v) is 10.2. The van der Waals surface area contributed by atoms with E-state index in [1.54, 1.807) is 14.2 Å². The van der Waals surface area contributed by atoms with Gasteiger partial charge in [-0.2, -0.15) is 0 Å². The average molecular weight is 406 g/mol. The van der Waals surface area contributed by atoms with Crippen molar-refractivity contribution in [3.63, 3.8) is 0 Å². The van der Waals surface area contributed by atoms with Crippen LogP contribution in [0.4, 0.5) is 0 Å². The summed E-state index contributed by atoms with van der Waals surface area (Å²) in [5, 5.41) is 6.26. The molecular weight excluding hydrogens is 370 g/mol. The van der Waals surface area contributed by atoms with Gasteiger partial charge in [-0.3, -0.25) is 14.7 Å². The van der Waals surface area contributed by atoms with Crippen LogP contribution >= 0.6 is 0 Å². The number of aryl methyl sites for hydroxylation is 1. The van der Waals surface area contributed by atoms with Gasteiger partial charge in [0.05, 0.1) is 19.7 Å². The van der Waals surface area contributed by atoms with Crippen molar-refractivity contribution in [3.05, 3.63) is 29.8 Å². The van der Waals surface area contributed by atoms with Crippen molar-refractivity contribution >= 4 is 11.9 Å². The summed E-state index contributed by atoms with van der Waals surface area (Å²) >= 11 is 0. The lowest BCUT2D eigenvalue weighted by molar-refractivity contribution is -0.122. The first-order chi connectivity index (χ1) is 14.0. The smallest absolute Gasteiger partial charge is 0.234 e. The van der Waals surface area contributed by atoms with Gasteiger partial charge in [0.1, 0.15) is 11.9 Å². The Balaban J connectivity index is 1.70. The Hall–Kier alpha value is -2.32. The highest BCUT2D eigenvalue weighted by Gasteiger charge is 2.21. The molecule has 1 aliphatic heterocycles. The second kappa shape index (κ2) is 12.3. The minimum Gasteiger partial charge on any atom is -0.489 e. The molecule has 1 heterocycles. The number of nitrogens with zero attached hydrogens (tertiary/aromatic N) is 3. The zero-order valence-corrected chi connectivity index (χ0v) is 18.1. The number of rotatable bonds is 9. The Labute approximate surface area is 174 Å². The molecule has 0 saturated carbocycles. The molecule has 8 heteroatoms. The van der Waals surface area contributed by atoms with Crippen LogP contribution in [0.2, 0.25) is 0 Å². The number of carbonyl (C=O) groups excluding carboxylic acids is 1. The molecule has 1 aliphatic rings. The fourth-order valence-electron chi connectivity index (χ4n) is 3.13. The summed E-state index contributed by atoms with van der Waals surface area (Å²) in [5.74, 6) is 1.78. The van der Waals surface area contributed by atoms with Gasteiger partial charge in [0.25, 0.3) is 0 Å². The summed E-state index contributed by atoms with van der Waals surface area (Å²) < 4.78 is 10.9. The minimum absolute atomic E-state index is 0.0199. The van der Waals surface area contributed by atoms with Gasteiger partial charge in [0.15, 0.2) is 5.96 Å². The van der Waals surface area contributed by atoms with Gasteiger partial charge < -0.3 is 25.0 Å². The first kappa shape index (κ1) is 23.0. The van der Waals surface area contributed by atoms with Gasteiger partial charge in [-0.05, 0) is 26.0 Å². The van der Waals surface area contributed by atoms with Crippen LogP contribution in [-0.4, -0.2) is 94.3 Å². The van der Waals surface area contributed by atoms with Crippen LogP contribution in [0.5, 0.6) is 5.75 Å². The van der Waals surface area contributed by atoms with E-state index in [4.69, 9.17) is 9.47 Å². The normalized spacial score (nSPS) is 16.4. The zero-order valence-electron chi connectivity index (χ0n) is 18.1. The summed E-state index contributed by atoms with van der Waals surface area (Å²) in [6, 6.07) is 8.08. The van der Waals surface area contributed by atoms with Crippen LogP contribution in [0.1, 0.15) is 12.5 Å². The highest BCUT2D eigenvalue weighted by atomic mass is 16.5. The molecule has 1 amide bonds. The van der Waals surface area contributed by atoms with E-state index in [2.05, 4.69) is 32.3 Å². The van der Waals surface area contributed by atoms with E-state index in [9.17, 15) is 4.79 Å². The van der Waals surface area contributed by atoms with Gasteiger partial charge in [-0.15, -0.1) is 0 Å². The molecule has 29 heavy (non-hydrogen) atoms. The van der Waals surface area contributed by atoms with Crippen molar-refractivity contribution in [2.75, 3.05) is 66.6 Å². The summed E-state index contributed by atoms with van der Waals surface area (Å²) in [4.78, 5) is 20.7. The fourth-order valence-corrected chi connectivity index (χ4v) is 3.13. The highest BCUT2D eigenvalue weighted by molar-refractivity contribution is 5.80. The van der Waals surface area contributed by atoms with Crippen LogP contribution in [0, 0.1) is 6.92 Å². The number of methoxy groups -OCH3 is 1. The van der Waals surface area contributed by atoms with E-state index in [0.29, 0.717) is 26.2 Å². The molecular formula is C21H35N5O3. The van der Waals surface area contributed by atoms with Gasteiger partial charge >= 0.3 is 0 Å². The maximum Gasteiger partial charge on any atom is 0.234 e. The van der Waals surface area contributed by atoms with Gasteiger partial charge in [-0.1, -0.05) is 17.7 Å². The third-order valence-electron chi connectivity index (χ3n) is 4.79. The van der Waals surface area contributed by atoms with Crippen LogP contribution < -0.4 is 15.4 Å². The summed E-state index contributed by atoms with van der Waals surface area (Å²) in [6.07, 6.45) is 0.0199. The maximum atomic E-state index is 11.9. The summed E-state index contributed by atoms with van der Waals surface area (Å²) in [7, 11) is 3.42. The maximum absolute atomic E-state index is 11.9. The highest BCUT2D eigenvalue weighted by Crippen LogP contribution is 2.13. The number of carbonyl (C=O) groups is 1. The van der Waals surface area contributed by atoms with Crippen LogP contribution in [0.3, 0.4) is 0 Å². The van der Waals surface area contributed by atoms with Gasteiger partial charge in [0, 0.05) is 46.9 Å². The molecule has 1 atom stereocenters. The zero-order chi connectivity index (χ0) is 21.1. The third-order valence-corrected chi connectivity index (χ3v) is 4.79. The molecule has 162 valence electrons. The van der Waals surface area contributed by atoms with E-state index in [0.717, 1.165) is 37.9 Å². The lowest BCUT2D eigenvalue weighted by Gasteiger charge is -2.36. The van der Waals surface area contributed by atoms with Crippen molar-refractivity contribution in [2.45, 2.75) is 20.0 Å². The number of aliphatic imine (C=N–C) groups is 1. The van der Waals surface area contributed by atoms with Crippen molar-refractivity contribution in [1.29, 1.82) is 0 Å². The molecule has 1 aromatic rings. The van der Waals surface area contributed by atoms with Crippen LogP contribution in [0.25, 0.3) is 0 Å². The Kier molecular flexibility index (Phi) is 9.73. The second-order valence-electron chi connectivity index (χ2n) is 7.28. The minimum atomic E-state index is 0.0199. The van der Waals surface area contributed by atoms with Crippen LogP contribution in [-0.2, 0) is 9.53 Å². The molecule has 0 spiro atoms. The Morgan fingerprint density at radius 1 is 1.17 bits per heavy atom. The van der Waals surface area contributed by atoms with E-state index in [1.165, 1.54) is 5.56 Å². The monoisotopic (exact) mass is 405 g/mol. The predicted octanol–water partition coefficient (Wildman–Crippen LogP) is 0.718. The van der Waals surface area contributed by atoms with Gasteiger partial charge in [0.2, 0.25) is 5.91 Å². The number of benzene rings is 1. The van der Waals surface area contributed by atoms with E-state index >= 15 is 0 Å². The average Bonchev–Trinajstić information content (AvgIpc) is 2.71. The summed E-state index contributed by atoms with van der Waals surface area (Å²) in [6.45, 7) is 9.60. The number of ether oxygens (including phenoxy) is 2. The fraction of sp³-hybridized carbons (Fsp3) is 0.619.